The van der Waals surface area contributed by atoms with E-state index >= 15 is 0 Å². The summed E-state index contributed by atoms with van der Waals surface area (Å²) in [4.78, 5) is 37.0. The number of hydrogen-bond donors (Lipinski definition) is 1. The van der Waals surface area contributed by atoms with Crippen LogP contribution >= 0.6 is 0 Å². The zero-order valence-electron chi connectivity index (χ0n) is 12.2. The maximum Gasteiger partial charge on any atom is 0.300 e. The molecule has 3 amide bonds. The third-order valence-electron chi connectivity index (χ3n) is 3.97. The van der Waals surface area contributed by atoms with E-state index in [2.05, 4.69) is 5.32 Å². The second-order valence-corrected chi connectivity index (χ2v) is 5.37. The lowest BCUT2D eigenvalue weighted by Gasteiger charge is -2.17. The average Bonchev–Trinajstić information content (AvgIpc) is 2.81. The van der Waals surface area contributed by atoms with Crippen LogP contribution in [0.25, 0.3) is 0 Å². The molecule has 3 rings (SSSR count). The molecule has 0 unspecified atom stereocenters. The van der Waals surface area contributed by atoms with E-state index in [0.29, 0.717) is 24.0 Å². The molecule has 5 nitrogen and oxygen atoms in total. The zero-order chi connectivity index (χ0) is 16.6. The number of carbonyl (C=O) groups excluding carboxylic acids is 3. The molecule has 0 radical (unpaired) electrons. The van der Waals surface area contributed by atoms with Gasteiger partial charge in [0.2, 0.25) is 0 Å². The quantitative estimate of drug-likeness (QED) is 0.672. The van der Waals surface area contributed by atoms with Crippen LogP contribution < -0.4 is 10.2 Å². The largest absolute Gasteiger partial charge is 0.315 e. The Morgan fingerprint density at radius 1 is 1.17 bits per heavy atom. The fraction of sp³-hybridized carbons (Fsp3) is 0.235. The summed E-state index contributed by atoms with van der Waals surface area (Å²) in [5.74, 6) is -0.502. The monoisotopic (exact) mass is 312 g/mol. The van der Waals surface area contributed by atoms with E-state index in [1.165, 1.54) is 12.1 Å². The minimum atomic E-state index is -0.717. The molecule has 0 fully saturated rings. The van der Waals surface area contributed by atoms with Crippen molar-refractivity contribution in [3.05, 3.63) is 35.2 Å². The first-order chi connectivity index (χ1) is 11.0. The fourth-order valence-corrected chi connectivity index (χ4v) is 2.89. The number of carbonyl (C=O) groups is 3. The van der Waals surface area contributed by atoms with Crippen LogP contribution in [0.2, 0.25) is 0 Å². The molecule has 1 aliphatic carbocycles. The lowest BCUT2D eigenvalue weighted by Crippen LogP contribution is -2.32. The number of terminal acetylenes is 1. The molecule has 1 aliphatic heterocycles. The average molecular weight is 312 g/mol. The number of nitrogens with one attached hydrogen (secondary N) is 1. The van der Waals surface area contributed by atoms with Gasteiger partial charge in [0.15, 0.2) is 0 Å². The predicted octanol–water partition coefficient (Wildman–Crippen LogP) is 2.14. The molecule has 1 heterocycles. The minimum absolute atomic E-state index is 0.177. The Balaban J connectivity index is 1.98. The Morgan fingerprint density at radius 2 is 1.78 bits per heavy atom. The third-order valence-corrected chi connectivity index (χ3v) is 3.97. The first-order valence-corrected chi connectivity index (χ1v) is 7.21. The Morgan fingerprint density at radius 3 is 2.35 bits per heavy atom. The van der Waals surface area contributed by atoms with Crippen molar-refractivity contribution in [3.8, 4) is 12.3 Å². The first kappa shape index (κ1) is 15.0. The van der Waals surface area contributed by atoms with Crippen molar-refractivity contribution >= 4 is 29.1 Å². The molecule has 0 saturated carbocycles. The lowest BCUT2D eigenvalue weighted by molar-refractivity contribution is -0.120. The lowest BCUT2D eigenvalue weighted by atomic mass is 9.93. The topological polar surface area (TPSA) is 66.5 Å². The molecule has 0 bridgehead atoms. The van der Waals surface area contributed by atoms with Crippen molar-refractivity contribution in [1.29, 1.82) is 0 Å². The summed E-state index contributed by atoms with van der Waals surface area (Å²) in [7, 11) is 0. The van der Waals surface area contributed by atoms with E-state index in [9.17, 15) is 18.8 Å². The van der Waals surface area contributed by atoms with Gasteiger partial charge >= 0.3 is 0 Å². The van der Waals surface area contributed by atoms with Crippen LogP contribution in [0, 0.1) is 18.2 Å². The van der Waals surface area contributed by atoms with Gasteiger partial charge in [-0.25, -0.2) is 9.29 Å². The third kappa shape index (κ3) is 2.50. The number of amides is 3. The molecule has 6 heteroatoms. The number of halogens is 1. The van der Waals surface area contributed by atoms with Gasteiger partial charge in [-0.15, -0.1) is 6.42 Å². The Bertz CT molecular complexity index is 777. The van der Waals surface area contributed by atoms with Crippen LogP contribution in [0.4, 0.5) is 15.8 Å². The summed E-state index contributed by atoms with van der Waals surface area (Å²) in [5.41, 5.74) is 0.983. The molecule has 1 aromatic rings. The van der Waals surface area contributed by atoms with Gasteiger partial charge in [0, 0.05) is 16.8 Å². The molecule has 1 N–H and O–H groups in total. The summed E-state index contributed by atoms with van der Waals surface area (Å²) >= 11 is 0. The molecule has 1 aromatic carbocycles. The van der Waals surface area contributed by atoms with Crippen molar-refractivity contribution in [2.24, 2.45) is 0 Å². The number of rotatable bonds is 2. The van der Waals surface area contributed by atoms with Crippen molar-refractivity contribution in [3.63, 3.8) is 0 Å². The molecule has 116 valence electrons. The van der Waals surface area contributed by atoms with Crippen molar-refractivity contribution in [1.82, 2.24) is 0 Å². The minimum Gasteiger partial charge on any atom is -0.315 e. The molecular formula is C17H13FN2O3. The van der Waals surface area contributed by atoms with Crippen molar-refractivity contribution < 1.29 is 18.8 Å². The number of nitrogens with zero attached hydrogens (tertiary/aromatic N) is 1. The van der Waals surface area contributed by atoms with Gasteiger partial charge in [0.05, 0.1) is 5.69 Å². The number of imide groups is 1. The molecule has 2 aliphatic rings. The zero-order valence-corrected chi connectivity index (χ0v) is 12.2. The highest BCUT2D eigenvalue weighted by atomic mass is 19.1. The van der Waals surface area contributed by atoms with Gasteiger partial charge in [-0.1, -0.05) is 0 Å². The Hall–Kier alpha value is -2.94. The van der Waals surface area contributed by atoms with Gasteiger partial charge in [-0.2, -0.15) is 0 Å². The highest BCUT2D eigenvalue weighted by Gasteiger charge is 2.40. The van der Waals surface area contributed by atoms with Gasteiger partial charge in [-0.3, -0.25) is 14.4 Å². The van der Waals surface area contributed by atoms with E-state index < -0.39 is 23.5 Å². The molecule has 0 saturated heterocycles. The van der Waals surface area contributed by atoms with E-state index in [0.717, 1.165) is 23.8 Å². The molecule has 0 aromatic heterocycles. The van der Waals surface area contributed by atoms with Crippen LogP contribution in [0.5, 0.6) is 0 Å². The van der Waals surface area contributed by atoms with Crippen molar-refractivity contribution in [2.75, 3.05) is 10.2 Å². The first-order valence-electron chi connectivity index (χ1n) is 7.21. The normalized spacial score (nSPS) is 17.1. The summed E-state index contributed by atoms with van der Waals surface area (Å²) in [6.45, 7) is 0. The summed E-state index contributed by atoms with van der Waals surface area (Å²) in [6.07, 6.45) is 7.72. The second kappa shape index (κ2) is 5.69. The molecule has 0 spiro atoms. The van der Waals surface area contributed by atoms with E-state index in [1.54, 1.807) is 0 Å². The van der Waals surface area contributed by atoms with Crippen LogP contribution in [-0.2, 0) is 14.4 Å². The van der Waals surface area contributed by atoms with Crippen LogP contribution in [0.1, 0.15) is 25.7 Å². The van der Waals surface area contributed by atoms with E-state index in [4.69, 9.17) is 6.42 Å². The predicted molar refractivity (Wildman–Crippen MR) is 81.8 cm³/mol. The number of anilines is 2. The maximum atomic E-state index is 14.1. The fourth-order valence-electron chi connectivity index (χ4n) is 2.89. The van der Waals surface area contributed by atoms with Gasteiger partial charge in [-0.05, 0) is 49.8 Å². The molecule has 23 heavy (non-hydrogen) atoms. The van der Waals surface area contributed by atoms with Crippen LogP contribution in [0.15, 0.2) is 29.3 Å². The highest BCUT2D eigenvalue weighted by molar-refractivity contribution is 6.33. The number of hydrogen-bond acceptors (Lipinski definition) is 3. The summed E-state index contributed by atoms with van der Waals surface area (Å²) in [5, 5.41) is 2.37. The Kier molecular flexibility index (Phi) is 3.70. The second-order valence-electron chi connectivity index (χ2n) is 5.37. The van der Waals surface area contributed by atoms with Gasteiger partial charge in [0.1, 0.15) is 5.82 Å². The molecule has 0 atom stereocenters. The van der Waals surface area contributed by atoms with Gasteiger partial charge < -0.3 is 5.32 Å². The number of benzene rings is 1. The SMILES string of the molecule is C#CC(=O)Nc1ccc(F)c(N2C(=O)C3=C(CCCC3)C2=O)c1. The Labute approximate surface area is 132 Å². The van der Waals surface area contributed by atoms with Crippen LogP contribution in [0.3, 0.4) is 0 Å². The smallest absolute Gasteiger partial charge is 0.300 e. The van der Waals surface area contributed by atoms with Crippen molar-refractivity contribution in [2.45, 2.75) is 25.7 Å². The van der Waals surface area contributed by atoms with Gasteiger partial charge in [0.25, 0.3) is 17.7 Å². The summed E-state index contributed by atoms with van der Waals surface area (Å²) in [6, 6.07) is 3.63. The van der Waals surface area contributed by atoms with E-state index in [-0.39, 0.29) is 11.4 Å². The highest BCUT2D eigenvalue weighted by Crippen LogP contribution is 2.37. The molecular weight excluding hydrogens is 299 g/mol. The van der Waals surface area contributed by atoms with E-state index in [1.807, 2.05) is 5.92 Å². The standard InChI is InChI=1S/C17H13FN2O3/c1-2-15(21)19-10-7-8-13(18)14(9-10)20-16(22)11-5-3-4-6-12(11)17(20)23/h1,7-9H,3-6H2,(H,19,21). The maximum absolute atomic E-state index is 14.1. The summed E-state index contributed by atoms with van der Waals surface area (Å²) < 4.78 is 14.1. The van der Waals surface area contributed by atoms with Crippen LogP contribution in [-0.4, -0.2) is 17.7 Å².